The highest BCUT2D eigenvalue weighted by molar-refractivity contribution is 7.95. The number of ether oxygens (including phenoxy) is 1. The molecule has 1 aromatic carbocycles. The van der Waals surface area contributed by atoms with E-state index in [1.165, 1.54) is 30.6 Å². The van der Waals surface area contributed by atoms with Crippen molar-refractivity contribution in [3.63, 3.8) is 0 Å². The highest BCUT2D eigenvalue weighted by atomic mass is 35.5. The van der Waals surface area contributed by atoms with Gasteiger partial charge in [-0.2, -0.15) is 4.98 Å². The second-order valence-corrected chi connectivity index (χ2v) is 14.0. The number of aromatic nitrogens is 2. The number of piperidine rings is 1. The topological polar surface area (TPSA) is 144 Å². The first-order valence-electron chi connectivity index (χ1n) is 14.1. The third kappa shape index (κ3) is 8.11. The number of benzene rings is 1. The SMILES string of the molecule is CN=CC(Nc1nc(Nc2cc(C)c(C3CC(C)NC(C)C3)cc2OC2CC2)ncc1Cl)=C(N)S(=O)(=O)CC(C)C. The second-order valence-electron chi connectivity index (χ2n) is 11.6. The molecule has 1 aliphatic heterocycles. The first-order valence-corrected chi connectivity index (χ1v) is 16.2. The molecule has 1 saturated carbocycles. The average Bonchev–Trinajstić information content (AvgIpc) is 3.69. The third-order valence-corrected chi connectivity index (χ3v) is 9.40. The number of hydrogen-bond acceptors (Lipinski definition) is 10. The fourth-order valence-corrected chi connectivity index (χ4v) is 6.91. The van der Waals surface area contributed by atoms with E-state index in [1.807, 2.05) is 13.8 Å². The van der Waals surface area contributed by atoms with Crippen LogP contribution in [0.25, 0.3) is 0 Å². The molecule has 0 radical (unpaired) electrons. The first-order chi connectivity index (χ1) is 19.4. The number of hydrogen-bond donors (Lipinski definition) is 4. The van der Waals surface area contributed by atoms with E-state index in [2.05, 4.69) is 63.8 Å². The van der Waals surface area contributed by atoms with Crippen LogP contribution >= 0.6 is 11.6 Å². The maximum absolute atomic E-state index is 12.8. The van der Waals surface area contributed by atoms with Crippen molar-refractivity contribution in [2.24, 2.45) is 16.6 Å². The van der Waals surface area contributed by atoms with Gasteiger partial charge >= 0.3 is 0 Å². The average molecular weight is 604 g/mol. The highest BCUT2D eigenvalue weighted by Gasteiger charge is 2.29. The summed E-state index contributed by atoms with van der Waals surface area (Å²) in [5, 5.41) is 9.74. The van der Waals surface area contributed by atoms with Crippen molar-refractivity contribution in [1.82, 2.24) is 15.3 Å². The minimum absolute atomic E-state index is 0.0862. The van der Waals surface area contributed by atoms with Crippen LogP contribution in [-0.2, 0) is 9.84 Å². The summed E-state index contributed by atoms with van der Waals surface area (Å²) in [6, 6.07) is 5.15. The van der Waals surface area contributed by atoms with Gasteiger partial charge in [0.2, 0.25) is 5.95 Å². The quantitative estimate of drug-likeness (QED) is 0.252. The Labute approximate surface area is 248 Å². The van der Waals surface area contributed by atoms with Crippen molar-refractivity contribution in [1.29, 1.82) is 0 Å². The zero-order valence-electron chi connectivity index (χ0n) is 24.7. The Balaban J connectivity index is 1.65. The standard InChI is InChI=1S/C29H42ClN7O3S/c1-16(2)15-41(38,39)27(31)25(14-32-6)35-28-23(30)13-33-29(37-28)36-24-9-17(3)22(12-26(24)40-21-7-8-21)20-10-18(4)34-19(5)11-20/h9,12-14,16,18-21,34H,7-8,10-11,15,31H2,1-6H3,(H2,33,35,36,37). The summed E-state index contributed by atoms with van der Waals surface area (Å²) in [5.74, 6) is 1.48. The van der Waals surface area contributed by atoms with Crippen molar-refractivity contribution in [2.45, 2.75) is 84.4 Å². The van der Waals surface area contributed by atoms with Crippen LogP contribution < -0.4 is 26.4 Å². The van der Waals surface area contributed by atoms with Crippen molar-refractivity contribution in [2.75, 3.05) is 23.4 Å². The molecule has 1 aliphatic carbocycles. The van der Waals surface area contributed by atoms with Crippen LogP contribution in [0.1, 0.15) is 70.4 Å². The van der Waals surface area contributed by atoms with E-state index < -0.39 is 9.84 Å². The Bertz CT molecular complexity index is 1410. The summed E-state index contributed by atoms with van der Waals surface area (Å²) in [4.78, 5) is 12.9. The number of nitrogens with zero attached hydrogens (tertiary/aromatic N) is 3. The van der Waals surface area contributed by atoms with Crippen molar-refractivity contribution in [3.8, 4) is 5.75 Å². The lowest BCUT2D eigenvalue weighted by molar-refractivity contribution is 0.300. The lowest BCUT2D eigenvalue weighted by Crippen LogP contribution is -2.41. The Hall–Kier alpha value is -2.89. The summed E-state index contributed by atoms with van der Waals surface area (Å²) >= 11 is 6.41. The molecule has 1 aromatic heterocycles. The third-order valence-electron chi connectivity index (χ3n) is 7.13. The van der Waals surface area contributed by atoms with E-state index in [1.54, 1.807) is 0 Å². The minimum Gasteiger partial charge on any atom is -0.488 e. The van der Waals surface area contributed by atoms with Gasteiger partial charge in [-0.3, -0.25) is 4.99 Å². The molecule has 1 saturated heterocycles. The van der Waals surface area contributed by atoms with E-state index in [-0.39, 0.29) is 45.3 Å². The van der Waals surface area contributed by atoms with Crippen LogP contribution in [0.15, 0.2) is 34.0 Å². The largest absolute Gasteiger partial charge is 0.488 e. The molecule has 10 nitrogen and oxygen atoms in total. The lowest BCUT2D eigenvalue weighted by Gasteiger charge is -2.34. The molecule has 0 spiro atoms. The van der Waals surface area contributed by atoms with Gasteiger partial charge in [-0.25, -0.2) is 13.4 Å². The number of aryl methyl sites for hydroxylation is 1. The van der Waals surface area contributed by atoms with Crippen molar-refractivity contribution < 1.29 is 13.2 Å². The number of sulfone groups is 1. The Morgan fingerprint density at radius 3 is 2.56 bits per heavy atom. The molecule has 2 aliphatic rings. The van der Waals surface area contributed by atoms with E-state index in [0.29, 0.717) is 18.0 Å². The molecule has 2 heterocycles. The fraction of sp³-hybridized carbons (Fsp3) is 0.552. The predicted molar refractivity (Wildman–Crippen MR) is 167 cm³/mol. The highest BCUT2D eigenvalue weighted by Crippen LogP contribution is 2.40. The summed E-state index contributed by atoms with van der Waals surface area (Å²) in [6.07, 6.45) is 7.20. The Morgan fingerprint density at radius 1 is 1.27 bits per heavy atom. The van der Waals surface area contributed by atoms with Crippen molar-refractivity contribution >= 4 is 45.1 Å². The normalized spacial score (nSPS) is 22.1. The number of nitrogens with one attached hydrogen (secondary N) is 3. The molecule has 2 unspecified atom stereocenters. The number of nitrogens with two attached hydrogens (primary N) is 1. The summed E-state index contributed by atoms with van der Waals surface area (Å²) in [5.41, 5.74) is 9.40. The molecule has 12 heteroatoms. The molecular formula is C29H42ClN7O3S. The maximum atomic E-state index is 12.8. The Morgan fingerprint density at radius 2 is 1.95 bits per heavy atom. The van der Waals surface area contributed by atoms with Crippen LogP contribution in [0, 0.1) is 12.8 Å². The Kier molecular flexibility index (Phi) is 9.81. The molecule has 41 heavy (non-hydrogen) atoms. The number of aliphatic imine (C=N–C) groups is 1. The van der Waals surface area contributed by atoms with Crippen molar-refractivity contribution in [3.05, 3.63) is 45.2 Å². The maximum Gasteiger partial charge on any atom is 0.229 e. The molecule has 4 rings (SSSR count). The molecule has 0 bridgehead atoms. The summed E-state index contributed by atoms with van der Waals surface area (Å²) in [6.45, 7) is 10.2. The van der Waals surface area contributed by atoms with Crippen LogP contribution in [0.3, 0.4) is 0 Å². The predicted octanol–water partition coefficient (Wildman–Crippen LogP) is 5.28. The molecular weight excluding hydrogens is 562 g/mol. The van der Waals surface area contributed by atoms with E-state index in [0.717, 1.165) is 37.1 Å². The number of rotatable bonds is 11. The van der Waals surface area contributed by atoms with Gasteiger partial charge in [-0.1, -0.05) is 25.4 Å². The van der Waals surface area contributed by atoms with Gasteiger partial charge in [0.25, 0.3) is 0 Å². The zero-order chi connectivity index (χ0) is 29.9. The van der Waals surface area contributed by atoms with Gasteiger partial charge in [0, 0.05) is 25.3 Å². The van der Waals surface area contributed by atoms with Gasteiger partial charge in [0.1, 0.15) is 10.8 Å². The van der Waals surface area contributed by atoms with Crippen LogP contribution in [0.5, 0.6) is 5.75 Å². The van der Waals surface area contributed by atoms with E-state index >= 15 is 0 Å². The second kappa shape index (κ2) is 13.0. The van der Waals surface area contributed by atoms with Gasteiger partial charge in [-0.05, 0) is 81.5 Å². The first kappa shape index (κ1) is 31.1. The van der Waals surface area contributed by atoms with Crippen LogP contribution in [-0.4, -0.2) is 55.6 Å². The zero-order valence-corrected chi connectivity index (χ0v) is 26.2. The van der Waals surface area contributed by atoms with Gasteiger partial charge < -0.3 is 26.4 Å². The monoisotopic (exact) mass is 603 g/mol. The van der Waals surface area contributed by atoms with Crippen LogP contribution in [0.2, 0.25) is 5.02 Å². The summed E-state index contributed by atoms with van der Waals surface area (Å²) < 4.78 is 31.9. The molecule has 0 amide bonds. The summed E-state index contributed by atoms with van der Waals surface area (Å²) in [7, 11) is -2.20. The van der Waals surface area contributed by atoms with E-state index in [4.69, 9.17) is 22.1 Å². The number of allylic oxidation sites excluding steroid dienone is 1. The number of halogens is 1. The lowest BCUT2D eigenvalue weighted by atomic mass is 9.82. The number of anilines is 3. The minimum atomic E-state index is -3.73. The fourth-order valence-electron chi connectivity index (χ4n) is 5.28. The molecule has 2 aromatic rings. The van der Waals surface area contributed by atoms with Crippen LogP contribution in [0.4, 0.5) is 17.5 Å². The molecule has 5 N–H and O–H groups in total. The molecule has 2 fully saturated rings. The van der Waals surface area contributed by atoms with E-state index in [9.17, 15) is 8.42 Å². The van der Waals surface area contributed by atoms with Gasteiger partial charge in [0.15, 0.2) is 20.7 Å². The van der Waals surface area contributed by atoms with Gasteiger partial charge in [-0.15, -0.1) is 0 Å². The molecule has 2 atom stereocenters. The van der Waals surface area contributed by atoms with Gasteiger partial charge in [0.05, 0.1) is 29.4 Å². The smallest absolute Gasteiger partial charge is 0.229 e. The molecule has 224 valence electrons.